The Morgan fingerprint density at radius 3 is 2.43 bits per heavy atom. The second-order valence-electron chi connectivity index (χ2n) is 2.89. The fraction of sp³-hybridized carbons (Fsp3) is 0.250. The number of nitrogens with two attached hydrogens (primary N) is 1. The van der Waals surface area contributed by atoms with E-state index in [2.05, 4.69) is 21.2 Å². The number of hydrogen-bond donors (Lipinski definition) is 2. The van der Waals surface area contributed by atoms with Gasteiger partial charge in [0, 0.05) is 11.5 Å². The summed E-state index contributed by atoms with van der Waals surface area (Å²) in [5, 5.41) is 7.90. The molecule has 0 aliphatic heterocycles. The predicted octanol–water partition coefficient (Wildman–Crippen LogP) is 1.45. The summed E-state index contributed by atoms with van der Waals surface area (Å²) < 4.78 is 23.2. The highest BCUT2D eigenvalue weighted by Crippen LogP contribution is 2.28. The van der Waals surface area contributed by atoms with Crippen LogP contribution in [0.25, 0.3) is 0 Å². The zero-order chi connectivity index (χ0) is 10.9. The predicted molar refractivity (Wildman–Crippen MR) is 59.8 cm³/mol. The van der Waals surface area contributed by atoms with Crippen LogP contribution in [0.1, 0.15) is 5.56 Å². The molecule has 6 heteroatoms. The minimum atomic E-state index is -3.68. The first-order valence-corrected chi connectivity index (χ1v) is 6.21. The highest BCUT2D eigenvalue weighted by Gasteiger charge is 2.15. The van der Waals surface area contributed by atoms with Crippen LogP contribution < -0.4 is 10.5 Å². The molecule has 3 N–H and O–H groups in total. The SMILES string of the molecule is CNc1c(C)cc(Br)cc1S(N)(=O)=O. The topological polar surface area (TPSA) is 72.2 Å². The second kappa shape index (κ2) is 3.88. The summed E-state index contributed by atoms with van der Waals surface area (Å²) in [5.74, 6) is 0. The number of sulfonamides is 1. The zero-order valence-electron chi connectivity index (χ0n) is 7.83. The molecule has 0 unspecified atom stereocenters. The van der Waals surface area contributed by atoms with Crippen LogP contribution in [0.2, 0.25) is 0 Å². The van der Waals surface area contributed by atoms with Crippen molar-refractivity contribution >= 4 is 31.6 Å². The molecule has 0 saturated heterocycles. The number of anilines is 1. The van der Waals surface area contributed by atoms with Gasteiger partial charge in [-0.05, 0) is 24.6 Å². The smallest absolute Gasteiger partial charge is 0.240 e. The quantitative estimate of drug-likeness (QED) is 0.860. The third kappa shape index (κ3) is 2.26. The van der Waals surface area contributed by atoms with Crippen LogP contribution >= 0.6 is 15.9 Å². The summed E-state index contributed by atoms with van der Waals surface area (Å²) >= 11 is 3.22. The zero-order valence-corrected chi connectivity index (χ0v) is 10.2. The van der Waals surface area contributed by atoms with E-state index in [0.717, 1.165) is 5.56 Å². The minimum Gasteiger partial charge on any atom is -0.387 e. The van der Waals surface area contributed by atoms with Gasteiger partial charge in [0.2, 0.25) is 10.0 Å². The van der Waals surface area contributed by atoms with Gasteiger partial charge in [-0.25, -0.2) is 13.6 Å². The molecule has 0 atom stereocenters. The fourth-order valence-corrected chi connectivity index (χ4v) is 2.82. The summed E-state index contributed by atoms with van der Waals surface area (Å²) in [6, 6.07) is 3.30. The summed E-state index contributed by atoms with van der Waals surface area (Å²) in [5.41, 5.74) is 1.36. The molecule has 0 amide bonds. The van der Waals surface area contributed by atoms with Crippen LogP contribution in [0.5, 0.6) is 0 Å². The molecule has 14 heavy (non-hydrogen) atoms. The molecule has 0 saturated carbocycles. The number of primary sulfonamides is 1. The largest absolute Gasteiger partial charge is 0.387 e. The molecule has 4 nitrogen and oxygen atoms in total. The first-order chi connectivity index (χ1) is 6.36. The molecule has 78 valence electrons. The molecule has 0 radical (unpaired) electrons. The van der Waals surface area contributed by atoms with Crippen molar-refractivity contribution in [2.45, 2.75) is 11.8 Å². The van der Waals surface area contributed by atoms with Crippen LogP contribution in [0, 0.1) is 6.92 Å². The van der Waals surface area contributed by atoms with E-state index in [9.17, 15) is 8.42 Å². The maximum atomic E-state index is 11.2. The average molecular weight is 279 g/mol. The highest BCUT2D eigenvalue weighted by atomic mass is 79.9. The van der Waals surface area contributed by atoms with Crippen LogP contribution in [0.15, 0.2) is 21.5 Å². The van der Waals surface area contributed by atoms with Gasteiger partial charge in [0.15, 0.2) is 0 Å². The molecule has 0 aliphatic carbocycles. The van der Waals surface area contributed by atoms with Gasteiger partial charge in [-0.2, -0.15) is 0 Å². The van der Waals surface area contributed by atoms with Gasteiger partial charge in [0.1, 0.15) is 4.90 Å². The Kier molecular flexibility index (Phi) is 3.18. The van der Waals surface area contributed by atoms with Crippen molar-refractivity contribution in [2.75, 3.05) is 12.4 Å². The van der Waals surface area contributed by atoms with E-state index in [4.69, 9.17) is 5.14 Å². The summed E-state index contributed by atoms with van der Waals surface area (Å²) in [7, 11) is -2.03. The number of hydrogen-bond acceptors (Lipinski definition) is 3. The molecule has 0 heterocycles. The van der Waals surface area contributed by atoms with E-state index < -0.39 is 10.0 Å². The molecule has 0 aromatic heterocycles. The first-order valence-electron chi connectivity index (χ1n) is 3.87. The lowest BCUT2D eigenvalue weighted by molar-refractivity contribution is 0.598. The van der Waals surface area contributed by atoms with Crippen molar-refractivity contribution in [3.8, 4) is 0 Å². The maximum absolute atomic E-state index is 11.2. The van der Waals surface area contributed by atoms with Crippen molar-refractivity contribution in [2.24, 2.45) is 5.14 Å². The van der Waals surface area contributed by atoms with E-state index in [0.29, 0.717) is 10.2 Å². The molecular formula is C8H11BrN2O2S. The lowest BCUT2D eigenvalue weighted by Gasteiger charge is -2.10. The third-order valence-corrected chi connectivity index (χ3v) is 3.21. The second-order valence-corrected chi connectivity index (χ2v) is 5.34. The summed E-state index contributed by atoms with van der Waals surface area (Å²) in [6.07, 6.45) is 0. The minimum absolute atomic E-state index is 0.104. The Labute approximate surface area is 91.7 Å². The van der Waals surface area contributed by atoms with Gasteiger partial charge in [-0.15, -0.1) is 0 Å². The Balaban J connectivity index is 3.56. The summed E-state index contributed by atoms with van der Waals surface area (Å²) in [4.78, 5) is 0.104. The normalized spacial score (nSPS) is 11.4. The number of nitrogens with one attached hydrogen (secondary N) is 1. The highest BCUT2D eigenvalue weighted by molar-refractivity contribution is 9.10. The van der Waals surface area contributed by atoms with Crippen LogP contribution in [0.3, 0.4) is 0 Å². The van der Waals surface area contributed by atoms with Crippen molar-refractivity contribution in [3.05, 3.63) is 22.2 Å². The van der Waals surface area contributed by atoms with Gasteiger partial charge in [0.25, 0.3) is 0 Å². The van der Waals surface area contributed by atoms with Gasteiger partial charge >= 0.3 is 0 Å². The van der Waals surface area contributed by atoms with E-state index in [-0.39, 0.29) is 4.90 Å². The molecule has 1 aromatic rings. The molecule has 0 aliphatic rings. The van der Waals surface area contributed by atoms with E-state index in [1.165, 1.54) is 6.07 Å². The van der Waals surface area contributed by atoms with Crippen molar-refractivity contribution in [1.29, 1.82) is 0 Å². The maximum Gasteiger partial charge on any atom is 0.240 e. The lowest BCUT2D eigenvalue weighted by atomic mass is 10.2. The van der Waals surface area contributed by atoms with Gasteiger partial charge in [0.05, 0.1) is 5.69 Å². The number of rotatable bonds is 2. The molecule has 1 aromatic carbocycles. The van der Waals surface area contributed by atoms with Gasteiger partial charge < -0.3 is 5.32 Å². The van der Waals surface area contributed by atoms with Crippen LogP contribution in [-0.4, -0.2) is 15.5 Å². The number of benzene rings is 1. The molecule has 0 bridgehead atoms. The van der Waals surface area contributed by atoms with E-state index in [1.54, 1.807) is 7.05 Å². The van der Waals surface area contributed by atoms with Crippen LogP contribution in [0.4, 0.5) is 5.69 Å². The van der Waals surface area contributed by atoms with Gasteiger partial charge in [-0.3, -0.25) is 0 Å². The molecule has 0 fully saturated rings. The van der Waals surface area contributed by atoms with Gasteiger partial charge in [-0.1, -0.05) is 15.9 Å². The average Bonchev–Trinajstić information content (AvgIpc) is 2.01. The van der Waals surface area contributed by atoms with Crippen molar-refractivity contribution in [1.82, 2.24) is 0 Å². The van der Waals surface area contributed by atoms with E-state index in [1.807, 2.05) is 13.0 Å². The molecular weight excluding hydrogens is 268 g/mol. The number of aryl methyl sites for hydroxylation is 1. The Bertz CT molecular complexity index is 457. The lowest BCUT2D eigenvalue weighted by Crippen LogP contribution is -2.15. The third-order valence-electron chi connectivity index (χ3n) is 1.82. The standard InChI is InChI=1S/C8H11BrN2O2S/c1-5-3-6(9)4-7(8(5)11-2)14(10,12)13/h3-4,11H,1-2H3,(H2,10,12,13). The van der Waals surface area contributed by atoms with Crippen molar-refractivity contribution in [3.63, 3.8) is 0 Å². The van der Waals surface area contributed by atoms with Crippen molar-refractivity contribution < 1.29 is 8.42 Å². The molecule has 0 spiro atoms. The Morgan fingerprint density at radius 1 is 1.43 bits per heavy atom. The molecule has 1 rings (SSSR count). The van der Waals surface area contributed by atoms with E-state index >= 15 is 0 Å². The summed E-state index contributed by atoms with van der Waals surface area (Å²) in [6.45, 7) is 1.81. The first kappa shape index (κ1) is 11.5. The van der Waals surface area contributed by atoms with Crippen LogP contribution in [-0.2, 0) is 10.0 Å². The fourth-order valence-electron chi connectivity index (χ4n) is 1.26. The Morgan fingerprint density at radius 2 is 2.00 bits per heavy atom. The number of halogens is 1. The monoisotopic (exact) mass is 278 g/mol. The Hall–Kier alpha value is -0.590.